The van der Waals surface area contributed by atoms with Crippen LogP contribution in [0.25, 0.3) is 33.2 Å². The van der Waals surface area contributed by atoms with Gasteiger partial charge in [-0.3, -0.25) is 4.98 Å². The minimum absolute atomic E-state index is 0.865. The van der Waals surface area contributed by atoms with Crippen molar-refractivity contribution in [2.45, 2.75) is 34.1 Å². The van der Waals surface area contributed by atoms with Crippen LogP contribution in [0, 0.1) is 20.8 Å². The molecule has 0 unspecified atom stereocenters. The number of ether oxygens (including phenoxy) is 1. The van der Waals surface area contributed by atoms with E-state index in [1.165, 1.54) is 38.6 Å². The molecule has 0 saturated carbocycles. The molecular formula is C26H23NO. The molecule has 1 aromatic heterocycles. The molecule has 2 nitrogen and oxygen atoms in total. The van der Waals surface area contributed by atoms with Gasteiger partial charge in [0.25, 0.3) is 0 Å². The first kappa shape index (κ1) is 17.0. The normalized spacial score (nSPS) is 12.0. The molecule has 2 heteroatoms. The van der Waals surface area contributed by atoms with Crippen LogP contribution >= 0.6 is 0 Å². The Morgan fingerprint density at radius 1 is 0.857 bits per heavy atom. The number of pyridine rings is 1. The van der Waals surface area contributed by atoms with E-state index in [-0.39, 0.29) is 0 Å². The Bertz CT molecular complexity index is 1250. The third-order valence-electron chi connectivity index (χ3n) is 5.79. The lowest BCUT2D eigenvalue weighted by Crippen LogP contribution is -2.02. The maximum Gasteiger partial charge on any atom is 0.161 e. The molecular weight excluding hydrogens is 342 g/mol. The Balaban J connectivity index is 1.83. The minimum Gasteiger partial charge on any atom is -0.454 e. The number of aryl methyl sites for hydroxylation is 3. The first-order valence-corrected chi connectivity index (χ1v) is 9.88. The Morgan fingerprint density at radius 3 is 2.50 bits per heavy atom. The Hall–Kier alpha value is -3.13. The third-order valence-corrected chi connectivity index (χ3v) is 5.79. The molecule has 4 aromatic rings. The number of aromatic nitrogens is 1. The number of hydrogen-bond donors (Lipinski definition) is 0. The van der Waals surface area contributed by atoms with E-state index in [1.54, 1.807) is 0 Å². The predicted molar refractivity (Wildman–Crippen MR) is 116 cm³/mol. The van der Waals surface area contributed by atoms with Crippen LogP contribution in [0.3, 0.4) is 0 Å². The monoisotopic (exact) mass is 365 g/mol. The lowest BCUT2D eigenvalue weighted by molar-refractivity contribution is 0.486. The zero-order valence-corrected chi connectivity index (χ0v) is 16.8. The maximum atomic E-state index is 6.52. The molecule has 0 spiro atoms. The van der Waals surface area contributed by atoms with Crippen molar-refractivity contribution in [2.75, 3.05) is 0 Å². The molecule has 138 valence electrons. The second-order valence-electron chi connectivity index (χ2n) is 7.76. The van der Waals surface area contributed by atoms with Crippen LogP contribution in [0.4, 0.5) is 0 Å². The van der Waals surface area contributed by atoms with Gasteiger partial charge in [-0.2, -0.15) is 0 Å². The summed E-state index contributed by atoms with van der Waals surface area (Å²) in [6.45, 7) is 8.66. The van der Waals surface area contributed by atoms with E-state index < -0.39 is 0 Å². The summed E-state index contributed by atoms with van der Waals surface area (Å²) in [5.74, 6) is 1.79. The molecule has 1 aliphatic heterocycles. The molecule has 5 rings (SSSR count). The van der Waals surface area contributed by atoms with Crippen LogP contribution in [0.15, 0.2) is 54.7 Å². The topological polar surface area (TPSA) is 22.1 Å². The fraction of sp³-hybridized carbons (Fsp3) is 0.192. The second-order valence-corrected chi connectivity index (χ2v) is 7.76. The molecule has 0 amide bonds. The average molecular weight is 365 g/mol. The zero-order chi connectivity index (χ0) is 19.4. The molecule has 0 bridgehead atoms. The summed E-state index contributed by atoms with van der Waals surface area (Å²) in [5.41, 5.74) is 9.54. The van der Waals surface area contributed by atoms with Gasteiger partial charge in [0, 0.05) is 22.7 Å². The van der Waals surface area contributed by atoms with Crippen LogP contribution in [-0.4, -0.2) is 4.98 Å². The van der Waals surface area contributed by atoms with Gasteiger partial charge in [0.1, 0.15) is 11.4 Å². The number of nitrogens with zero attached hydrogens (tertiary/aromatic N) is 1. The molecule has 1 aliphatic rings. The van der Waals surface area contributed by atoms with E-state index in [4.69, 9.17) is 9.72 Å². The lowest BCUT2D eigenvalue weighted by Gasteiger charge is -2.24. The highest BCUT2D eigenvalue weighted by Crippen LogP contribution is 2.50. The summed E-state index contributed by atoms with van der Waals surface area (Å²) in [4.78, 5) is 4.77. The number of hydrogen-bond acceptors (Lipinski definition) is 2. The van der Waals surface area contributed by atoms with Crippen molar-refractivity contribution in [3.05, 3.63) is 77.0 Å². The van der Waals surface area contributed by atoms with Gasteiger partial charge in [-0.05, 0) is 73.0 Å². The van der Waals surface area contributed by atoms with E-state index in [0.717, 1.165) is 34.7 Å². The summed E-state index contributed by atoms with van der Waals surface area (Å²) < 4.78 is 6.52. The summed E-state index contributed by atoms with van der Waals surface area (Å²) in [6.07, 6.45) is 2.92. The molecule has 0 aliphatic carbocycles. The third kappa shape index (κ3) is 2.45. The van der Waals surface area contributed by atoms with Gasteiger partial charge in [0.2, 0.25) is 0 Å². The van der Waals surface area contributed by atoms with Gasteiger partial charge in [-0.15, -0.1) is 0 Å². The first-order chi connectivity index (χ1) is 13.6. The maximum absolute atomic E-state index is 6.52. The van der Waals surface area contributed by atoms with Crippen LogP contribution in [0.1, 0.15) is 29.2 Å². The van der Waals surface area contributed by atoms with Crippen molar-refractivity contribution >= 4 is 10.8 Å². The second kappa shape index (κ2) is 6.20. The molecule has 3 aromatic carbocycles. The SMILES string of the molecule is CCc1cc(C)cc(-c2nccc3c2Oc2cc(C)cc4cccc-3c24)c1C. The molecule has 0 radical (unpaired) electrons. The highest BCUT2D eigenvalue weighted by atomic mass is 16.5. The first-order valence-electron chi connectivity index (χ1n) is 9.88. The Morgan fingerprint density at radius 2 is 1.68 bits per heavy atom. The number of fused-ring (bicyclic) bond motifs is 2. The van der Waals surface area contributed by atoms with E-state index >= 15 is 0 Å². The summed E-state index contributed by atoms with van der Waals surface area (Å²) in [5, 5.41) is 2.41. The highest BCUT2D eigenvalue weighted by molar-refractivity contribution is 6.05. The largest absolute Gasteiger partial charge is 0.454 e. The van der Waals surface area contributed by atoms with Gasteiger partial charge in [-0.1, -0.05) is 42.8 Å². The number of rotatable bonds is 2. The minimum atomic E-state index is 0.865. The van der Waals surface area contributed by atoms with E-state index in [2.05, 4.69) is 76.2 Å². The van der Waals surface area contributed by atoms with Gasteiger partial charge in [0.05, 0.1) is 0 Å². The van der Waals surface area contributed by atoms with Crippen molar-refractivity contribution in [3.63, 3.8) is 0 Å². The van der Waals surface area contributed by atoms with Crippen molar-refractivity contribution in [2.24, 2.45) is 0 Å². The average Bonchev–Trinajstić information content (AvgIpc) is 2.69. The van der Waals surface area contributed by atoms with Crippen LogP contribution in [0.2, 0.25) is 0 Å². The van der Waals surface area contributed by atoms with Crippen LogP contribution in [-0.2, 0) is 6.42 Å². The van der Waals surface area contributed by atoms with Crippen molar-refractivity contribution in [1.82, 2.24) is 4.98 Å². The molecule has 0 N–H and O–H groups in total. The number of benzene rings is 3. The fourth-order valence-electron chi connectivity index (χ4n) is 4.45. The van der Waals surface area contributed by atoms with Gasteiger partial charge in [-0.25, -0.2) is 0 Å². The van der Waals surface area contributed by atoms with Gasteiger partial charge in [0.15, 0.2) is 5.75 Å². The van der Waals surface area contributed by atoms with Crippen molar-refractivity contribution in [1.29, 1.82) is 0 Å². The lowest BCUT2D eigenvalue weighted by atomic mass is 9.90. The predicted octanol–water partition coefficient (Wildman–Crippen LogP) is 7.16. The molecule has 2 heterocycles. The van der Waals surface area contributed by atoms with Crippen LogP contribution < -0.4 is 4.74 Å². The smallest absolute Gasteiger partial charge is 0.161 e. The van der Waals surface area contributed by atoms with Gasteiger partial charge < -0.3 is 4.74 Å². The fourth-order valence-corrected chi connectivity index (χ4v) is 4.45. The molecule has 0 saturated heterocycles. The molecule has 0 fully saturated rings. The Labute approximate surface area is 165 Å². The highest BCUT2D eigenvalue weighted by Gasteiger charge is 2.25. The standard InChI is InChI=1S/C26H23NO/c1-5-18-11-15(2)13-22(17(18)4)25-26-21(9-10-27-25)20-8-6-7-19-12-16(3)14-23(28-26)24(19)20/h6-14H,5H2,1-4H3. The van der Waals surface area contributed by atoms with E-state index in [0.29, 0.717) is 0 Å². The summed E-state index contributed by atoms with van der Waals surface area (Å²) in [6, 6.07) is 17.4. The summed E-state index contributed by atoms with van der Waals surface area (Å²) >= 11 is 0. The van der Waals surface area contributed by atoms with Crippen molar-refractivity contribution in [3.8, 4) is 33.9 Å². The van der Waals surface area contributed by atoms with Crippen LogP contribution in [0.5, 0.6) is 11.5 Å². The van der Waals surface area contributed by atoms with E-state index in [9.17, 15) is 0 Å². The summed E-state index contributed by atoms with van der Waals surface area (Å²) in [7, 11) is 0. The van der Waals surface area contributed by atoms with E-state index in [1.807, 2.05) is 6.20 Å². The quantitative estimate of drug-likeness (QED) is 0.331. The zero-order valence-electron chi connectivity index (χ0n) is 16.8. The molecule has 0 atom stereocenters. The van der Waals surface area contributed by atoms with Crippen molar-refractivity contribution < 1.29 is 4.74 Å². The molecule has 28 heavy (non-hydrogen) atoms. The van der Waals surface area contributed by atoms with Gasteiger partial charge >= 0.3 is 0 Å². The Kier molecular flexibility index (Phi) is 3.77.